The van der Waals surface area contributed by atoms with Gasteiger partial charge in [0.25, 0.3) is 0 Å². The molecule has 3 rings (SSSR count). The average molecular weight is 348 g/mol. The Bertz CT molecular complexity index is 543. The third-order valence-corrected chi connectivity index (χ3v) is 5.22. The first-order chi connectivity index (χ1) is 12.3. The van der Waals surface area contributed by atoms with Gasteiger partial charge in [0.15, 0.2) is 0 Å². The zero-order valence-corrected chi connectivity index (χ0v) is 15.6. The molecule has 0 aromatic carbocycles. The minimum atomic E-state index is -0.363. The molecule has 1 aromatic rings. The van der Waals surface area contributed by atoms with Gasteiger partial charge >= 0.3 is 0 Å². The highest BCUT2D eigenvalue weighted by atomic mass is 16.3. The van der Waals surface area contributed by atoms with Gasteiger partial charge in [0.05, 0.1) is 11.8 Å². The van der Waals surface area contributed by atoms with E-state index in [0.29, 0.717) is 6.54 Å². The van der Waals surface area contributed by atoms with Crippen molar-refractivity contribution in [1.29, 1.82) is 0 Å². The zero-order chi connectivity index (χ0) is 17.5. The molecule has 1 aromatic heterocycles. The predicted molar refractivity (Wildman–Crippen MR) is 101 cm³/mol. The molecule has 0 amide bonds. The van der Waals surface area contributed by atoms with E-state index in [4.69, 9.17) is 9.97 Å². The minimum absolute atomic E-state index is 0.363. The molecule has 3 heterocycles. The number of aryl methyl sites for hydroxylation is 1. The van der Waals surface area contributed by atoms with Crippen molar-refractivity contribution in [3.05, 3.63) is 17.1 Å². The quantitative estimate of drug-likeness (QED) is 0.722. The molecule has 0 unspecified atom stereocenters. The van der Waals surface area contributed by atoms with Crippen LogP contribution in [0.4, 0.5) is 5.82 Å². The number of anilines is 1. The molecule has 140 valence electrons. The van der Waals surface area contributed by atoms with E-state index in [9.17, 15) is 5.11 Å². The molecule has 1 saturated heterocycles. The van der Waals surface area contributed by atoms with Gasteiger partial charge in [-0.25, -0.2) is 9.97 Å². The topological polar surface area (TPSA) is 73.3 Å². The summed E-state index contributed by atoms with van der Waals surface area (Å²) < 4.78 is 0. The van der Waals surface area contributed by atoms with Crippen molar-refractivity contribution in [3.8, 4) is 0 Å². The van der Waals surface area contributed by atoms with Crippen LogP contribution in [0.5, 0.6) is 0 Å². The van der Waals surface area contributed by atoms with Crippen molar-refractivity contribution in [2.75, 3.05) is 44.6 Å². The molecule has 0 aliphatic carbocycles. The van der Waals surface area contributed by atoms with Crippen LogP contribution in [0.3, 0.4) is 0 Å². The third-order valence-electron chi connectivity index (χ3n) is 5.22. The first-order valence-corrected chi connectivity index (χ1v) is 10.00. The molecule has 6 heteroatoms. The Hall–Kier alpha value is -1.24. The summed E-state index contributed by atoms with van der Waals surface area (Å²) in [5.74, 6) is 1.82. The summed E-state index contributed by atoms with van der Waals surface area (Å²) in [5.41, 5.74) is 2.39. The first kappa shape index (κ1) is 18.5. The molecule has 3 N–H and O–H groups in total. The second-order valence-corrected chi connectivity index (χ2v) is 7.27. The maximum Gasteiger partial charge on any atom is 0.133 e. The number of fused-ring (bicyclic) bond motifs is 1. The molecule has 0 spiro atoms. The van der Waals surface area contributed by atoms with Crippen molar-refractivity contribution in [2.45, 2.75) is 58.0 Å². The minimum Gasteiger partial charge on any atom is -0.390 e. The second-order valence-electron chi connectivity index (χ2n) is 7.27. The number of β-amino-alcohol motifs (C(OH)–C–C–N with tert-alkyl or cyclic N) is 1. The molecule has 2 aliphatic rings. The molecule has 0 radical (unpaired) electrons. The van der Waals surface area contributed by atoms with Crippen LogP contribution >= 0.6 is 0 Å². The van der Waals surface area contributed by atoms with Crippen LogP contribution in [-0.2, 0) is 19.3 Å². The lowest BCUT2D eigenvalue weighted by atomic mass is 10.1. The van der Waals surface area contributed by atoms with Crippen LogP contribution < -0.4 is 10.6 Å². The number of likely N-dealkylation sites (tertiary alicyclic amines) is 1. The molecular formula is C19H33N5O. The van der Waals surface area contributed by atoms with E-state index in [1.165, 1.54) is 36.9 Å². The van der Waals surface area contributed by atoms with Crippen LogP contribution in [0.15, 0.2) is 0 Å². The molecule has 2 aliphatic heterocycles. The van der Waals surface area contributed by atoms with Gasteiger partial charge in [-0.05, 0) is 38.9 Å². The number of hydrogen-bond donors (Lipinski definition) is 3. The molecule has 0 saturated carbocycles. The van der Waals surface area contributed by atoms with E-state index in [-0.39, 0.29) is 6.10 Å². The Morgan fingerprint density at radius 2 is 1.88 bits per heavy atom. The van der Waals surface area contributed by atoms with Crippen LogP contribution in [0, 0.1) is 0 Å². The van der Waals surface area contributed by atoms with Gasteiger partial charge in [0.1, 0.15) is 11.6 Å². The highest BCUT2D eigenvalue weighted by Gasteiger charge is 2.18. The molecular weight excluding hydrogens is 314 g/mol. The lowest BCUT2D eigenvalue weighted by Crippen LogP contribution is -2.37. The van der Waals surface area contributed by atoms with Crippen LogP contribution in [0.2, 0.25) is 0 Å². The zero-order valence-electron chi connectivity index (χ0n) is 15.6. The number of aliphatic hydroxyl groups is 1. The summed E-state index contributed by atoms with van der Waals surface area (Å²) in [7, 11) is 0. The second kappa shape index (κ2) is 9.46. The highest BCUT2D eigenvalue weighted by molar-refractivity contribution is 5.47. The van der Waals surface area contributed by atoms with Gasteiger partial charge in [-0.2, -0.15) is 0 Å². The van der Waals surface area contributed by atoms with Crippen LogP contribution in [0.1, 0.15) is 49.7 Å². The van der Waals surface area contributed by atoms with E-state index in [1.54, 1.807) is 0 Å². The average Bonchev–Trinajstić information content (AvgIpc) is 3.02. The monoisotopic (exact) mass is 347 g/mol. The Labute approximate surface area is 151 Å². The number of nitrogens with one attached hydrogen (secondary N) is 2. The summed E-state index contributed by atoms with van der Waals surface area (Å²) in [4.78, 5) is 11.8. The van der Waals surface area contributed by atoms with Crippen molar-refractivity contribution in [2.24, 2.45) is 0 Å². The molecule has 0 bridgehead atoms. The number of rotatable bonds is 6. The maximum atomic E-state index is 10.5. The van der Waals surface area contributed by atoms with Crippen LogP contribution in [-0.4, -0.2) is 65.3 Å². The predicted octanol–water partition coefficient (Wildman–Crippen LogP) is 1.38. The number of aliphatic hydroxyl groups excluding tert-OH is 1. The maximum absolute atomic E-state index is 10.5. The summed E-state index contributed by atoms with van der Waals surface area (Å²) in [6.07, 6.45) is 7.54. The molecule has 25 heavy (non-hydrogen) atoms. The number of nitrogens with zero attached hydrogens (tertiary/aromatic N) is 3. The Balaban J connectivity index is 1.61. The van der Waals surface area contributed by atoms with Gasteiger partial charge in [-0.3, -0.25) is 0 Å². The van der Waals surface area contributed by atoms with Gasteiger partial charge in [-0.1, -0.05) is 19.8 Å². The largest absolute Gasteiger partial charge is 0.390 e. The lowest BCUT2D eigenvalue weighted by Gasteiger charge is -2.24. The third kappa shape index (κ3) is 5.36. The summed E-state index contributed by atoms with van der Waals surface area (Å²) in [6.45, 7) is 7.57. The summed E-state index contributed by atoms with van der Waals surface area (Å²) in [6, 6.07) is 0. The molecule has 1 atom stereocenters. The summed E-state index contributed by atoms with van der Waals surface area (Å²) >= 11 is 0. The molecule has 1 fully saturated rings. The Morgan fingerprint density at radius 3 is 2.64 bits per heavy atom. The van der Waals surface area contributed by atoms with Gasteiger partial charge < -0.3 is 20.6 Å². The van der Waals surface area contributed by atoms with Crippen molar-refractivity contribution < 1.29 is 5.11 Å². The number of hydrogen-bond acceptors (Lipinski definition) is 6. The van der Waals surface area contributed by atoms with E-state index >= 15 is 0 Å². The normalized spacial score (nSPS) is 20.4. The fraction of sp³-hybridized carbons (Fsp3) is 0.789. The van der Waals surface area contributed by atoms with Crippen molar-refractivity contribution in [1.82, 2.24) is 20.2 Å². The van der Waals surface area contributed by atoms with E-state index in [2.05, 4.69) is 22.5 Å². The van der Waals surface area contributed by atoms with Gasteiger partial charge in [-0.15, -0.1) is 0 Å². The standard InChI is InChI=1S/C19H33N5O/c1-2-18-22-17-8-10-20-9-7-16(17)19(23-18)21-13-15(25)14-24-11-5-3-4-6-12-24/h15,20,25H,2-14H2,1H3,(H,21,22,23)/t15-/m0/s1. The van der Waals surface area contributed by atoms with E-state index in [1.807, 2.05) is 0 Å². The van der Waals surface area contributed by atoms with Gasteiger partial charge in [0, 0.05) is 38.0 Å². The summed E-state index contributed by atoms with van der Waals surface area (Å²) in [5, 5.41) is 17.3. The first-order valence-electron chi connectivity index (χ1n) is 10.00. The fourth-order valence-corrected chi connectivity index (χ4v) is 3.80. The molecule has 6 nitrogen and oxygen atoms in total. The lowest BCUT2D eigenvalue weighted by molar-refractivity contribution is 0.124. The SMILES string of the molecule is CCc1nc2c(c(NC[C@H](O)CN3CCCCCC3)n1)CCNCC2. The van der Waals surface area contributed by atoms with E-state index < -0.39 is 0 Å². The fourth-order valence-electron chi connectivity index (χ4n) is 3.80. The van der Waals surface area contributed by atoms with Crippen molar-refractivity contribution >= 4 is 5.82 Å². The van der Waals surface area contributed by atoms with Crippen LogP contribution in [0.25, 0.3) is 0 Å². The Morgan fingerprint density at radius 1 is 1.12 bits per heavy atom. The van der Waals surface area contributed by atoms with Crippen molar-refractivity contribution in [3.63, 3.8) is 0 Å². The number of aromatic nitrogens is 2. The highest BCUT2D eigenvalue weighted by Crippen LogP contribution is 2.20. The smallest absolute Gasteiger partial charge is 0.133 e. The van der Waals surface area contributed by atoms with Gasteiger partial charge in [0.2, 0.25) is 0 Å². The Kier molecular flexibility index (Phi) is 7.02. The van der Waals surface area contributed by atoms with E-state index in [0.717, 1.165) is 63.6 Å².